The maximum absolute atomic E-state index is 5.86. The first-order valence-electron chi connectivity index (χ1n) is 7.09. The minimum Gasteiger partial charge on any atom is -0.361 e. The Labute approximate surface area is 139 Å². The van der Waals surface area contributed by atoms with Crippen LogP contribution in [-0.4, -0.2) is 34.7 Å². The smallest absolute Gasteiger partial charge is 0.129 e. The largest absolute Gasteiger partial charge is 0.361 e. The molecule has 2 rings (SSSR count). The average Bonchev–Trinajstić information content (AvgIpc) is 2.90. The molecule has 1 atom stereocenters. The second-order valence-electron chi connectivity index (χ2n) is 6.50. The van der Waals surface area contributed by atoms with Gasteiger partial charge in [0.15, 0.2) is 0 Å². The van der Waals surface area contributed by atoms with Crippen LogP contribution in [0.15, 0.2) is 10.8 Å². The number of halogens is 2. The van der Waals surface area contributed by atoms with Crippen LogP contribution in [0.3, 0.4) is 0 Å². The molecule has 1 aliphatic heterocycles. The van der Waals surface area contributed by atoms with E-state index >= 15 is 0 Å². The van der Waals surface area contributed by atoms with Crippen molar-refractivity contribution in [3.8, 4) is 0 Å². The highest BCUT2D eigenvalue weighted by Gasteiger charge is 2.28. The van der Waals surface area contributed by atoms with Crippen LogP contribution in [-0.2, 0) is 11.5 Å². The molecular formula is C13H23Br2N3OSi. The molecule has 1 aromatic heterocycles. The van der Waals surface area contributed by atoms with Crippen molar-refractivity contribution in [1.82, 2.24) is 13.5 Å². The Morgan fingerprint density at radius 1 is 1.45 bits per heavy atom. The summed E-state index contributed by atoms with van der Waals surface area (Å²) in [6, 6.07) is 1.55. The van der Waals surface area contributed by atoms with Crippen LogP contribution in [0.2, 0.25) is 25.7 Å². The number of rotatable bonds is 6. The molecule has 0 N–H and O–H groups in total. The highest BCUT2D eigenvalue weighted by Crippen LogP contribution is 2.34. The minimum atomic E-state index is -1.02. The zero-order valence-electron chi connectivity index (χ0n) is 12.4. The fraction of sp³-hybridized carbons (Fsp3) is 0.769. The second-order valence-corrected chi connectivity index (χ2v) is 13.8. The highest BCUT2D eigenvalue weighted by atomic mass is 79.9. The van der Waals surface area contributed by atoms with Crippen LogP contribution in [0.1, 0.15) is 24.7 Å². The lowest BCUT2D eigenvalue weighted by molar-refractivity contribution is 0.0818. The third kappa shape index (κ3) is 4.40. The molecule has 0 spiro atoms. The van der Waals surface area contributed by atoms with E-state index in [0.717, 1.165) is 30.0 Å². The van der Waals surface area contributed by atoms with Gasteiger partial charge in [-0.1, -0.05) is 19.6 Å². The Kier molecular flexibility index (Phi) is 5.87. The first kappa shape index (κ1) is 16.7. The number of imidazole rings is 1. The summed E-state index contributed by atoms with van der Waals surface area (Å²) in [5.74, 6) is 1.08. The maximum Gasteiger partial charge on any atom is 0.129 e. The zero-order chi connectivity index (χ0) is 14.8. The first-order valence-corrected chi connectivity index (χ1v) is 12.3. The summed E-state index contributed by atoms with van der Waals surface area (Å²) < 4.78 is 11.2. The lowest BCUT2D eigenvalue weighted by Crippen LogP contribution is -2.23. The Bertz CT molecular complexity index is 447. The molecule has 0 radical (unpaired) electrons. The van der Waals surface area contributed by atoms with Crippen LogP contribution < -0.4 is 0 Å². The molecular weight excluding hydrogens is 402 g/mol. The molecule has 4 nitrogen and oxygen atoms in total. The summed E-state index contributed by atoms with van der Waals surface area (Å²) >= 11 is 7.19. The molecule has 0 unspecified atom stereocenters. The summed E-state index contributed by atoms with van der Waals surface area (Å²) in [6.07, 6.45) is 4.22. The second kappa shape index (κ2) is 7.04. The van der Waals surface area contributed by atoms with E-state index in [1.807, 2.05) is 6.20 Å². The van der Waals surface area contributed by atoms with Gasteiger partial charge in [-0.15, -0.1) is 0 Å². The molecule has 20 heavy (non-hydrogen) atoms. The normalized spacial score (nSPS) is 20.8. The third-order valence-electron chi connectivity index (χ3n) is 3.54. The molecule has 0 amide bonds. The van der Waals surface area contributed by atoms with Crippen molar-refractivity contribution in [2.45, 2.75) is 51.3 Å². The van der Waals surface area contributed by atoms with Crippen molar-refractivity contribution in [2.24, 2.45) is 0 Å². The van der Waals surface area contributed by atoms with Crippen molar-refractivity contribution in [3.05, 3.63) is 16.6 Å². The fourth-order valence-corrected chi connectivity index (χ4v) is 4.06. The number of nitrogens with zero attached hydrogens (tertiary/aromatic N) is 3. The van der Waals surface area contributed by atoms with Crippen molar-refractivity contribution in [3.63, 3.8) is 0 Å². The van der Waals surface area contributed by atoms with Crippen molar-refractivity contribution in [1.29, 1.82) is 0 Å². The van der Waals surface area contributed by atoms with Crippen LogP contribution >= 0.6 is 32.1 Å². The SMILES string of the molecule is C[Si](C)(C)CCOCn1c(Br)cnc1[C@@H]1CCCN1Br. The lowest BCUT2D eigenvalue weighted by atomic mass is 10.2. The van der Waals surface area contributed by atoms with Crippen molar-refractivity contribution < 1.29 is 4.74 Å². The molecule has 0 saturated carbocycles. The van der Waals surface area contributed by atoms with E-state index in [4.69, 9.17) is 4.74 Å². The summed E-state index contributed by atoms with van der Waals surface area (Å²) in [6.45, 7) is 9.61. The van der Waals surface area contributed by atoms with E-state index < -0.39 is 8.07 Å². The van der Waals surface area contributed by atoms with Gasteiger partial charge in [0.1, 0.15) is 17.2 Å². The maximum atomic E-state index is 5.86. The van der Waals surface area contributed by atoms with E-state index in [9.17, 15) is 0 Å². The van der Waals surface area contributed by atoms with Gasteiger partial charge in [0, 0.05) is 37.4 Å². The van der Waals surface area contributed by atoms with Crippen LogP contribution in [0, 0.1) is 0 Å². The van der Waals surface area contributed by atoms with E-state index in [-0.39, 0.29) is 0 Å². The topological polar surface area (TPSA) is 30.3 Å². The van der Waals surface area contributed by atoms with Gasteiger partial charge in [0.25, 0.3) is 0 Å². The lowest BCUT2D eigenvalue weighted by Gasteiger charge is -2.20. The predicted octanol–water partition coefficient (Wildman–Crippen LogP) is 4.40. The van der Waals surface area contributed by atoms with E-state index in [2.05, 4.69) is 65.2 Å². The van der Waals surface area contributed by atoms with Gasteiger partial charge in [-0.3, -0.25) is 4.57 Å². The van der Waals surface area contributed by atoms with Gasteiger partial charge in [0.2, 0.25) is 0 Å². The number of ether oxygens (including phenoxy) is 1. The number of hydrogen-bond donors (Lipinski definition) is 0. The summed E-state index contributed by atoms with van der Waals surface area (Å²) in [5, 5.41) is 0. The first-order chi connectivity index (χ1) is 9.38. The zero-order valence-corrected chi connectivity index (χ0v) is 16.6. The molecule has 7 heteroatoms. The van der Waals surface area contributed by atoms with Gasteiger partial charge in [-0.25, -0.2) is 8.91 Å². The van der Waals surface area contributed by atoms with Crippen molar-refractivity contribution in [2.75, 3.05) is 13.2 Å². The summed E-state index contributed by atoms with van der Waals surface area (Å²) in [4.78, 5) is 4.55. The Balaban J connectivity index is 1.95. The van der Waals surface area contributed by atoms with Gasteiger partial charge in [-0.2, -0.15) is 0 Å². The fourth-order valence-electron chi connectivity index (χ4n) is 2.28. The Hall–Kier alpha value is 0.307. The van der Waals surface area contributed by atoms with Gasteiger partial charge >= 0.3 is 0 Å². The molecule has 1 aliphatic rings. The molecule has 114 valence electrons. The highest BCUT2D eigenvalue weighted by molar-refractivity contribution is 9.10. The van der Waals surface area contributed by atoms with Gasteiger partial charge in [-0.05, 0) is 34.8 Å². The van der Waals surface area contributed by atoms with Crippen LogP contribution in [0.25, 0.3) is 0 Å². The molecule has 1 aromatic rings. The summed E-state index contributed by atoms with van der Waals surface area (Å²) in [7, 11) is -1.02. The average molecular weight is 425 g/mol. The van der Waals surface area contributed by atoms with E-state index in [0.29, 0.717) is 12.8 Å². The predicted molar refractivity (Wildman–Crippen MR) is 91.6 cm³/mol. The Morgan fingerprint density at radius 2 is 2.20 bits per heavy atom. The molecule has 0 aromatic carbocycles. The molecule has 0 bridgehead atoms. The van der Waals surface area contributed by atoms with E-state index in [1.165, 1.54) is 12.5 Å². The quantitative estimate of drug-likeness (QED) is 0.385. The van der Waals surface area contributed by atoms with Crippen molar-refractivity contribution >= 4 is 40.2 Å². The molecule has 1 fully saturated rings. The molecule has 2 heterocycles. The number of hydrogen-bond acceptors (Lipinski definition) is 3. The molecule has 0 aliphatic carbocycles. The minimum absolute atomic E-state index is 0.349. The van der Waals surface area contributed by atoms with Crippen LogP contribution in [0.5, 0.6) is 0 Å². The standard InChI is InChI=1S/C13H23Br2N3OSi/c1-20(2,3)8-7-19-10-17-12(14)9-16-13(17)11-5-4-6-18(11)15/h9,11H,4-8,10H2,1-3H3/t11-/m0/s1. The van der Waals surface area contributed by atoms with Gasteiger partial charge < -0.3 is 4.74 Å². The Morgan fingerprint density at radius 3 is 2.80 bits per heavy atom. The van der Waals surface area contributed by atoms with E-state index in [1.54, 1.807) is 0 Å². The number of aromatic nitrogens is 2. The monoisotopic (exact) mass is 423 g/mol. The van der Waals surface area contributed by atoms with Crippen LogP contribution in [0.4, 0.5) is 0 Å². The third-order valence-corrected chi connectivity index (χ3v) is 6.73. The summed E-state index contributed by atoms with van der Waals surface area (Å²) in [5.41, 5.74) is 0. The molecule has 1 saturated heterocycles. The van der Waals surface area contributed by atoms with Gasteiger partial charge in [0.05, 0.1) is 12.2 Å².